The molecule has 1 aromatic carbocycles. The van der Waals surface area contributed by atoms with Crippen LogP contribution in [0.4, 0.5) is 5.69 Å². The number of benzene rings is 1. The molecule has 0 fully saturated rings. The second kappa shape index (κ2) is 6.76. The van der Waals surface area contributed by atoms with Gasteiger partial charge in [-0.25, -0.2) is 5.48 Å². The second-order valence-corrected chi connectivity index (χ2v) is 4.25. The topological polar surface area (TPSA) is 69.6 Å². The van der Waals surface area contributed by atoms with E-state index in [4.69, 9.17) is 5.21 Å². The Bertz CT molecular complexity index is 413. The van der Waals surface area contributed by atoms with Crippen LogP contribution in [-0.4, -0.2) is 31.0 Å². The van der Waals surface area contributed by atoms with Crippen LogP contribution in [0.1, 0.15) is 29.6 Å². The van der Waals surface area contributed by atoms with Crippen LogP contribution in [0.3, 0.4) is 0 Å². The third kappa shape index (κ3) is 4.18. The van der Waals surface area contributed by atoms with E-state index in [2.05, 4.69) is 0 Å². The first-order chi connectivity index (χ1) is 8.54. The molecule has 0 aliphatic carbocycles. The lowest BCUT2D eigenvalue weighted by Gasteiger charge is -2.12. The number of ketones is 1. The maximum Gasteiger partial charge on any atom is 0.243 e. The zero-order valence-corrected chi connectivity index (χ0v) is 10.6. The Morgan fingerprint density at radius 2 is 1.78 bits per heavy atom. The second-order valence-electron chi connectivity index (χ2n) is 4.25. The Morgan fingerprint density at radius 3 is 2.28 bits per heavy atom. The molecule has 2 N–H and O–H groups in total. The van der Waals surface area contributed by atoms with Crippen molar-refractivity contribution in [1.82, 2.24) is 5.48 Å². The predicted molar refractivity (Wildman–Crippen MR) is 68.9 cm³/mol. The summed E-state index contributed by atoms with van der Waals surface area (Å²) in [6.45, 7) is 0. The molecule has 0 aliphatic rings. The number of rotatable bonds is 6. The van der Waals surface area contributed by atoms with Gasteiger partial charge in [-0.15, -0.1) is 0 Å². The summed E-state index contributed by atoms with van der Waals surface area (Å²) in [5.41, 5.74) is 3.22. The fourth-order valence-corrected chi connectivity index (χ4v) is 1.56. The van der Waals surface area contributed by atoms with Crippen molar-refractivity contribution in [2.24, 2.45) is 0 Å². The number of anilines is 1. The van der Waals surface area contributed by atoms with Gasteiger partial charge in [0.25, 0.3) is 0 Å². The average Bonchev–Trinajstić information content (AvgIpc) is 2.38. The van der Waals surface area contributed by atoms with Crippen LogP contribution >= 0.6 is 0 Å². The van der Waals surface area contributed by atoms with Gasteiger partial charge in [-0.1, -0.05) is 0 Å². The Hall–Kier alpha value is -1.88. The highest BCUT2D eigenvalue weighted by Crippen LogP contribution is 2.14. The van der Waals surface area contributed by atoms with E-state index in [1.807, 2.05) is 31.1 Å². The lowest BCUT2D eigenvalue weighted by Crippen LogP contribution is -2.18. The van der Waals surface area contributed by atoms with Crippen LogP contribution < -0.4 is 10.4 Å². The molecule has 0 saturated carbocycles. The molecule has 98 valence electrons. The minimum atomic E-state index is -0.467. The highest BCUT2D eigenvalue weighted by Gasteiger charge is 2.07. The summed E-state index contributed by atoms with van der Waals surface area (Å²) in [5.74, 6) is -0.461. The van der Waals surface area contributed by atoms with Gasteiger partial charge >= 0.3 is 0 Å². The molecule has 0 heterocycles. The third-order valence-corrected chi connectivity index (χ3v) is 2.64. The molecular formula is C13H18N2O3. The Morgan fingerprint density at radius 1 is 1.17 bits per heavy atom. The summed E-state index contributed by atoms with van der Waals surface area (Å²) in [6.07, 6.45) is 0.882. The fraction of sp³-hybridized carbons (Fsp3) is 0.385. The molecule has 0 radical (unpaired) electrons. The third-order valence-electron chi connectivity index (χ3n) is 2.64. The minimum Gasteiger partial charge on any atom is -0.378 e. The highest BCUT2D eigenvalue weighted by atomic mass is 16.5. The molecule has 0 atom stereocenters. The lowest BCUT2D eigenvalue weighted by atomic mass is 10.0. The lowest BCUT2D eigenvalue weighted by molar-refractivity contribution is -0.129. The fourth-order valence-electron chi connectivity index (χ4n) is 1.56. The van der Waals surface area contributed by atoms with E-state index >= 15 is 0 Å². The van der Waals surface area contributed by atoms with Gasteiger partial charge in [0.15, 0.2) is 5.78 Å². The largest absolute Gasteiger partial charge is 0.378 e. The minimum absolute atomic E-state index is 0.00560. The van der Waals surface area contributed by atoms with E-state index in [9.17, 15) is 9.59 Å². The monoisotopic (exact) mass is 250 g/mol. The molecule has 0 unspecified atom stereocenters. The SMILES string of the molecule is CN(C)c1ccc(C(=O)CCCC(=O)NO)cc1. The molecule has 1 rings (SSSR count). The van der Waals surface area contributed by atoms with E-state index in [0.29, 0.717) is 18.4 Å². The van der Waals surface area contributed by atoms with E-state index in [1.54, 1.807) is 17.6 Å². The molecule has 0 spiro atoms. The Kier molecular flexibility index (Phi) is 5.32. The van der Waals surface area contributed by atoms with Gasteiger partial charge in [-0.05, 0) is 30.7 Å². The maximum atomic E-state index is 11.8. The number of amides is 1. The van der Waals surface area contributed by atoms with E-state index in [0.717, 1.165) is 5.69 Å². The number of nitrogens with one attached hydrogen (secondary N) is 1. The summed E-state index contributed by atoms with van der Waals surface area (Å²) >= 11 is 0. The van der Waals surface area contributed by atoms with E-state index in [-0.39, 0.29) is 12.2 Å². The molecule has 1 amide bonds. The molecular weight excluding hydrogens is 232 g/mol. The van der Waals surface area contributed by atoms with Crippen molar-refractivity contribution in [2.45, 2.75) is 19.3 Å². The van der Waals surface area contributed by atoms with Crippen molar-refractivity contribution in [3.05, 3.63) is 29.8 Å². The number of carbonyl (C=O) groups excluding carboxylic acids is 2. The number of hydrogen-bond acceptors (Lipinski definition) is 4. The number of Topliss-reactive ketones (excluding diaryl/α,β-unsaturated/α-hetero) is 1. The summed E-state index contributed by atoms with van der Waals surface area (Å²) < 4.78 is 0. The molecule has 0 aromatic heterocycles. The van der Waals surface area contributed by atoms with Gasteiger partial charge in [0.05, 0.1) is 0 Å². The Labute approximate surface area is 106 Å². The van der Waals surface area contributed by atoms with E-state index < -0.39 is 5.91 Å². The standard InChI is InChI=1S/C13H18N2O3/c1-15(2)11-8-6-10(7-9-11)12(16)4-3-5-13(17)14-18/h6-9,18H,3-5H2,1-2H3,(H,14,17). The van der Waals surface area contributed by atoms with E-state index in [1.165, 1.54) is 0 Å². The molecule has 0 aliphatic heterocycles. The summed E-state index contributed by atoms with van der Waals surface area (Å²) in [4.78, 5) is 24.5. The van der Waals surface area contributed by atoms with Crippen LogP contribution in [0.25, 0.3) is 0 Å². The van der Waals surface area contributed by atoms with Crippen molar-refractivity contribution in [1.29, 1.82) is 0 Å². The van der Waals surface area contributed by atoms with Crippen molar-refractivity contribution in [3.8, 4) is 0 Å². The predicted octanol–water partition coefficient (Wildman–Crippen LogP) is 1.61. The number of nitrogens with zero attached hydrogens (tertiary/aromatic N) is 1. The first kappa shape index (κ1) is 14.2. The normalized spacial score (nSPS) is 9.94. The summed E-state index contributed by atoms with van der Waals surface area (Å²) in [5, 5.41) is 8.31. The van der Waals surface area contributed by atoms with Gasteiger partial charge in [0.2, 0.25) is 5.91 Å². The average molecular weight is 250 g/mol. The zero-order chi connectivity index (χ0) is 13.5. The van der Waals surface area contributed by atoms with Crippen molar-refractivity contribution in [3.63, 3.8) is 0 Å². The molecule has 1 aromatic rings. The maximum absolute atomic E-state index is 11.8. The molecule has 5 heteroatoms. The highest BCUT2D eigenvalue weighted by molar-refractivity contribution is 5.96. The van der Waals surface area contributed by atoms with Gasteiger partial charge in [0, 0.05) is 38.2 Å². The van der Waals surface area contributed by atoms with Crippen LogP contribution in [-0.2, 0) is 4.79 Å². The first-order valence-electron chi connectivity index (χ1n) is 5.78. The van der Waals surface area contributed by atoms with Crippen molar-refractivity contribution < 1.29 is 14.8 Å². The van der Waals surface area contributed by atoms with Crippen LogP contribution in [0, 0.1) is 0 Å². The first-order valence-corrected chi connectivity index (χ1v) is 5.78. The molecule has 5 nitrogen and oxygen atoms in total. The molecule has 0 bridgehead atoms. The van der Waals surface area contributed by atoms with Crippen LogP contribution in [0.2, 0.25) is 0 Å². The van der Waals surface area contributed by atoms with Gasteiger partial charge < -0.3 is 4.90 Å². The smallest absolute Gasteiger partial charge is 0.243 e. The number of carbonyl (C=O) groups is 2. The van der Waals surface area contributed by atoms with Gasteiger partial charge in [-0.3, -0.25) is 14.8 Å². The molecule has 18 heavy (non-hydrogen) atoms. The Balaban J connectivity index is 2.49. The number of hydroxylamine groups is 1. The summed E-state index contributed by atoms with van der Waals surface area (Å²) in [7, 11) is 3.87. The van der Waals surface area contributed by atoms with Crippen molar-refractivity contribution in [2.75, 3.05) is 19.0 Å². The van der Waals surface area contributed by atoms with Crippen LogP contribution in [0.5, 0.6) is 0 Å². The van der Waals surface area contributed by atoms with Crippen molar-refractivity contribution >= 4 is 17.4 Å². The number of hydrogen-bond donors (Lipinski definition) is 2. The van der Waals surface area contributed by atoms with Gasteiger partial charge in [-0.2, -0.15) is 0 Å². The molecule has 0 saturated heterocycles. The van der Waals surface area contributed by atoms with Gasteiger partial charge in [0.1, 0.15) is 0 Å². The quantitative estimate of drug-likeness (QED) is 0.457. The zero-order valence-electron chi connectivity index (χ0n) is 10.6. The summed E-state index contributed by atoms with van der Waals surface area (Å²) in [6, 6.07) is 7.33. The van der Waals surface area contributed by atoms with Crippen LogP contribution in [0.15, 0.2) is 24.3 Å².